The van der Waals surface area contributed by atoms with Crippen molar-refractivity contribution < 1.29 is 48.8 Å². The third-order valence-corrected chi connectivity index (χ3v) is 5.50. The van der Waals surface area contributed by atoms with E-state index in [0.29, 0.717) is 42.6 Å². The number of amides is 1. The van der Waals surface area contributed by atoms with Crippen molar-refractivity contribution in [2.75, 3.05) is 20.1 Å². The van der Waals surface area contributed by atoms with Crippen molar-refractivity contribution in [1.29, 1.82) is 0 Å². The molecule has 2 aromatic carbocycles. The smallest absolute Gasteiger partial charge is 1.00 e. The van der Waals surface area contributed by atoms with Gasteiger partial charge in [-0.1, -0.05) is 0 Å². The molecule has 4 rings (SSSR count). The molecule has 34 heavy (non-hydrogen) atoms. The summed E-state index contributed by atoms with van der Waals surface area (Å²) in [6.45, 7) is 7.43. The average molecular weight is 486 g/mol. The van der Waals surface area contributed by atoms with Crippen molar-refractivity contribution in [2.24, 2.45) is 0 Å². The molecule has 6 nitrogen and oxygen atoms in total. The van der Waals surface area contributed by atoms with E-state index >= 15 is 0 Å². The molecule has 0 aromatic heterocycles. The van der Waals surface area contributed by atoms with E-state index in [9.17, 15) is 23.8 Å². The van der Waals surface area contributed by atoms with Crippen LogP contribution in [0, 0.1) is 11.6 Å². The van der Waals surface area contributed by atoms with Crippen LogP contribution in [0.5, 0.6) is 11.5 Å². The summed E-state index contributed by atoms with van der Waals surface area (Å²) in [7, 11) is 1.97. The van der Waals surface area contributed by atoms with Crippen molar-refractivity contribution in [3.8, 4) is 11.5 Å². The average Bonchev–Trinajstić information content (AvgIpc) is 2.72. The second kappa shape index (κ2) is 12.3. The molecular formula is C24H34AlF2LiN2O4. The number of carbonyl (C=O) groups is 1. The molecule has 2 aromatic rings. The fourth-order valence-corrected chi connectivity index (χ4v) is 3.85. The first-order valence-corrected chi connectivity index (χ1v) is 10.6. The van der Waals surface area contributed by atoms with Gasteiger partial charge in [0, 0.05) is 30.8 Å². The van der Waals surface area contributed by atoms with Crippen LogP contribution in [0.4, 0.5) is 13.6 Å². The molecule has 0 aliphatic carbocycles. The minimum absolute atomic E-state index is 0. The van der Waals surface area contributed by atoms with Crippen LogP contribution in [0.15, 0.2) is 24.3 Å². The summed E-state index contributed by atoms with van der Waals surface area (Å²) >= 11 is 0. The van der Waals surface area contributed by atoms with Gasteiger partial charge in [0.2, 0.25) is 0 Å². The standard InChI is InChI=1S/C14H18FNO3.C10H12FNO.Al.Li.4H/c1-14(2,3)19-13(18)16-7-6-9-10(8-16)12(17)5-4-11(9)15;1-12-5-4-7-8(6-12)10(13)3-2-9(7)11;;;;;;/h4-5,17H,6-8H2,1-3H3;2-3,13H,4-6H2,1H3;;;;;;/q;;;+1;;;;-1. The third-order valence-electron chi connectivity index (χ3n) is 5.50. The number of nitrogens with zero attached hydrogens (tertiary/aromatic N) is 2. The Morgan fingerprint density at radius 3 is 1.88 bits per heavy atom. The first-order valence-electron chi connectivity index (χ1n) is 10.6. The molecule has 0 saturated heterocycles. The van der Waals surface area contributed by atoms with Crippen LogP contribution < -0.4 is 18.9 Å². The fourth-order valence-electron chi connectivity index (χ4n) is 3.85. The molecule has 0 saturated carbocycles. The minimum atomic E-state index is -0.568. The number of hydrogen-bond donors (Lipinski definition) is 2. The molecule has 0 radical (unpaired) electrons. The molecule has 10 heteroatoms. The Morgan fingerprint density at radius 1 is 0.912 bits per heavy atom. The summed E-state index contributed by atoms with van der Waals surface area (Å²) in [5, 5.41) is 19.3. The number of benzene rings is 2. The third kappa shape index (κ3) is 7.38. The number of ether oxygens (including phenoxy) is 1. The number of aromatic hydroxyl groups is 2. The maximum Gasteiger partial charge on any atom is 1.00 e. The number of likely N-dealkylation sites (N-methyl/N-ethyl adjacent to an activating group) is 1. The number of rotatable bonds is 0. The zero-order valence-electron chi connectivity index (χ0n) is 20.9. The molecule has 0 atom stereocenters. The van der Waals surface area contributed by atoms with Gasteiger partial charge < -0.3 is 26.2 Å². The molecule has 2 heterocycles. The number of carbonyl (C=O) groups excluding carboxylic acids is 1. The van der Waals surface area contributed by atoms with Gasteiger partial charge in [-0.15, -0.1) is 0 Å². The quantitative estimate of drug-likeness (QED) is 0.524. The molecule has 2 aliphatic rings. The van der Waals surface area contributed by atoms with E-state index in [1.54, 1.807) is 20.8 Å². The van der Waals surface area contributed by atoms with E-state index in [0.717, 1.165) is 12.1 Å². The number of halogens is 2. The van der Waals surface area contributed by atoms with E-state index in [4.69, 9.17) is 4.74 Å². The van der Waals surface area contributed by atoms with Crippen molar-refractivity contribution >= 4 is 23.5 Å². The summed E-state index contributed by atoms with van der Waals surface area (Å²) in [5.41, 5.74) is 1.81. The number of phenols is 2. The Balaban J connectivity index is 0.000000641. The summed E-state index contributed by atoms with van der Waals surface area (Å²) in [5.74, 6) is -0.301. The molecule has 2 N–H and O–H groups in total. The van der Waals surface area contributed by atoms with E-state index < -0.39 is 11.7 Å². The van der Waals surface area contributed by atoms with E-state index in [1.807, 2.05) is 7.05 Å². The molecule has 182 valence electrons. The van der Waals surface area contributed by atoms with Gasteiger partial charge in [0.25, 0.3) is 0 Å². The molecule has 0 bridgehead atoms. The zero-order chi connectivity index (χ0) is 23.6. The SMILES string of the molecule is CC(C)(C)OC(=O)N1CCc2c(F)ccc(O)c2C1.CN1CCc2c(F)ccc(O)c2C1.[AlH3].[H-].[Li+]. The van der Waals surface area contributed by atoms with Crippen LogP contribution >= 0.6 is 0 Å². The van der Waals surface area contributed by atoms with Crippen molar-refractivity contribution in [1.82, 2.24) is 9.80 Å². The molecule has 0 fully saturated rings. The van der Waals surface area contributed by atoms with Crippen molar-refractivity contribution in [3.63, 3.8) is 0 Å². The Bertz CT molecular complexity index is 1020. The largest absolute Gasteiger partial charge is 1.00 e. The summed E-state index contributed by atoms with van der Waals surface area (Å²) in [4.78, 5) is 15.5. The summed E-state index contributed by atoms with van der Waals surface area (Å²) in [6, 6.07) is 5.32. The second-order valence-corrected chi connectivity index (χ2v) is 9.19. The van der Waals surface area contributed by atoms with Gasteiger partial charge in [-0.2, -0.15) is 0 Å². The van der Waals surface area contributed by atoms with E-state index in [1.165, 1.54) is 29.2 Å². The maximum absolute atomic E-state index is 13.6. The van der Waals surface area contributed by atoms with Crippen LogP contribution in [0.2, 0.25) is 0 Å². The van der Waals surface area contributed by atoms with E-state index in [-0.39, 0.29) is 67.3 Å². The van der Waals surface area contributed by atoms with Gasteiger partial charge in [0.1, 0.15) is 28.7 Å². The minimum Gasteiger partial charge on any atom is -1.00 e. The fraction of sp³-hybridized carbons (Fsp3) is 0.458. The molecule has 1 amide bonds. The number of hydrogen-bond acceptors (Lipinski definition) is 5. The van der Waals surface area contributed by atoms with Crippen LogP contribution in [0.25, 0.3) is 0 Å². The number of fused-ring (bicyclic) bond motifs is 2. The van der Waals surface area contributed by atoms with Crippen LogP contribution in [-0.4, -0.2) is 69.2 Å². The van der Waals surface area contributed by atoms with Crippen LogP contribution in [0.3, 0.4) is 0 Å². The van der Waals surface area contributed by atoms with Crippen molar-refractivity contribution in [3.05, 3.63) is 58.2 Å². The normalized spacial score (nSPS) is 14.9. The molecular weight excluding hydrogens is 452 g/mol. The zero-order valence-corrected chi connectivity index (χ0v) is 19.9. The van der Waals surface area contributed by atoms with Gasteiger partial charge in [-0.25, -0.2) is 13.6 Å². The predicted octanol–water partition coefficient (Wildman–Crippen LogP) is 0.276. The van der Waals surface area contributed by atoms with Crippen molar-refractivity contribution in [2.45, 2.75) is 52.3 Å². The van der Waals surface area contributed by atoms with Gasteiger partial charge >= 0.3 is 25.0 Å². The van der Waals surface area contributed by atoms with Crippen LogP contribution in [0.1, 0.15) is 44.5 Å². The summed E-state index contributed by atoms with van der Waals surface area (Å²) < 4.78 is 32.1. The topological polar surface area (TPSA) is 73.2 Å². The molecule has 2 aliphatic heterocycles. The monoisotopic (exact) mass is 486 g/mol. The van der Waals surface area contributed by atoms with Crippen LogP contribution in [-0.2, 0) is 30.7 Å². The maximum atomic E-state index is 13.6. The van der Waals surface area contributed by atoms with E-state index in [2.05, 4.69) is 4.90 Å². The first kappa shape index (κ1) is 30.3. The van der Waals surface area contributed by atoms with Gasteiger partial charge in [0.15, 0.2) is 17.4 Å². The first-order chi connectivity index (χ1) is 15.0. The molecule has 0 unspecified atom stereocenters. The number of phenolic OH excluding ortho intramolecular Hbond substituents is 2. The Labute approximate surface area is 223 Å². The summed E-state index contributed by atoms with van der Waals surface area (Å²) in [6.07, 6.45) is 0.628. The van der Waals surface area contributed by atoms with Gasteiger partial charge in [0.05, 0.1) is 6.54 Å². The Kier molecular flexibility index (Phi) is 10.9. The predicted molar refractivity (Wildman–Crippen MR) is 128 cm³/mol. The Morgan fingerprint density at radius 2 is 1.38 bits per heavy atom. The second-order valence-electron chi connectivity index (χ2n) is 9.19. The Hall–Kier alpha value is -1.74. The molecule has 0 spiro atoms. The van der Waals surface area contributed by atoms with Gasteiger partial charge in [-0.3, -0.25) is 0 Å². The van der Waals surface area contributed by atoms with Gasteiger partial charge in [-0.05, 0) is 76.1 Å².